The van der Waals surface area contributed by atoms with E-state index >= 15 is 0 Å². The Morgan fingerprint density at radius 3 is 2.41 bits per heavy atom. The molecule has 3 heterocycles. The summed E-state index contributed by atoms with van der Waals surface area (Å²) in [6.45, 7) is 3.84. The van der Waals surface area contributed by atoms with Gasteiger partial charge in [-0.15, -0.1) is 0 Å². The molecule has 0 bridgehead atoms. The third kappa shape index (κ3) is 3.01. The first-order chi connectivity index (χ1) is 13.4. The first-order valence-corrected chi connectivity index (χ1v) is 10.3. The van der Waals surface area contributed by atoms with Gasteiger partial charge >= 0.3 is 6.18 Å². The van der Waals surface area contributed by atoms with Crippen LogP contribution in [0.2, 0.25) is 0 Å². The smallest absolute Gasteiger partial charge is 0.326 e. The van der Waals surface area contributed by atoms with E-state index in [0.29, 0.717) is 16.8 Å². The molecule has 0 aliphatic carbocycles. The lowest BCUT2D eigenvalue weighted by Gasteiger charge is -2.44. The van der Waals surface area contributed by atoms with Gasteiger partial charge in [0.15, 0.2) is 0 Å². The molecule has 1 aromatic heterocycles. The van der Waals surface area contributed by atoms with E-state index < -0.39 is 27.3 Å². The summed E-state index contributed by atoms with van der Waals surface area (Å²) in [4.78, 5) is 18.3. The number of halogens is 3. The second-order valence-electron chi connectivity index (χ2n) is 7.46. The predicted octanol–water partition coefficient (Wildman–Crippen LogP) is 2.78. The number of amides is 1. The van der Waals surface area contributed by atoms with Crippen molar-refractivity contribution in [1.29, 1.82) is 0 Å². The lowest BCUT2D eigenvalue weighted by Crippen LogP contribution is -2.58. The van der Waals surface area contributed by atoms with Crippen LogP contribution in [-0.2, 0) is 21.7 Å². The molecular formula is C19H18F3N3O3S. The Kier molecular flexibility index (Phi) is 4.29. The summed E-state index contributed by atoms with van der Waals surface area (Å²) in [5.41, 5.74) is 0.0974. The maximum Gasteiger partial charge on any atom is 0.416 e. The van der Waals surface area contributed by atoms with E-state index in [1.807, 2.05) is 0 Å². The SMILES string of the molecule is Cc1cc2c(cn1)C(=O)N1CCN(S(=O)(=O)c3ccc(C(F)(F)F)cc3)CC21C. The molecule has 1 aromatic carbocycles. The lowest BCUT2D eigenvalue weighted by atomic mass is 9.90. The fourth-order valence-electron chi connectivity index (χ4n) is 4.01. The molecule has 6 nitrogen and oxygen atoms in total. The second kappa shape index (κ2) is 6.27. The standard InChI is InChI=1S/C19H18F3N3O3S/c1-12-9-16-15(10-23-12)17(26)25-8-7-24(11-18(16,25)2)29(27,28)14-5-3-13(4-6-14)19(20,21)22/h3-6,9-10H,7-8,11H2,1-2H3. The van der Waals surface area contributed by atoms with Crippen molar-refractivity contribution in [2.45, 2.75) is 30.5 Å². The number of carbonyl (C=O) groups excluding carboxylic acids is 1. The van der Waals surface area contributed by atoms with Gasteiger partial charge in [-0.05, 0) is 49.7 Å². The monoisotopic (exact) mass is 425 g/mol. The van der Waals surface area contributed by atoms with Gasteiger partial charge in [0.2, 0.25) is 10.0 Å². The van der Waals surface area contributed by atoms with Gasteiger partial charge in [0.05, 0.1) is 21.6 Å². The molecule has 1 unspecified atom stereocenters. The fraction of sp³-hybridized carbons (Fsp3) is 0.368. The first kappa shape index (κ1) is 19.8. The number of piperazine rings is 1. The number of rotatable bonds is 2. The Labute approximate surface area is 166 Å². The number of hydrogen-bond acceptors (Lipinski definition) is 4. The van der Waals surface area contributed by atoms with Gasteiger partial charge in [-0.2, -0.15) is 17.5 Å². The van der Waals surface area contributed by atoms with Crippen molar-refractivity contribution in [2.24, 2.45) is 0 Å². The molecule has 1 saturated heterocycles. The van der Waals surface area contributed by atoms with Crippen molar-refractivity contribution < 1.29 is 26.4 Å². The van der Waals surface area contributed by atoms with E-state index in [-0.39, 0.29) is 30.4 Å². The minimum atomic E-state index is -4.54. The van der Waals surface area contributed by atoms with Crippen molar-refractivity contribution in [3.05, 3.63) is 58.9 Å². The Morgan fingerprint density at radius 2 is 1.79 bits per heavy atom. The van der Waals surface area contributed by atoms with Gasteiger partial charge in [0.1, 0.15) is 0 Å². The van der Waals surface area contributed by atoms with Gasteiger partial charge in [0, 0.05) is 31.5 Å². The van der Waals surface area contributed by atoms with E-state index in [2.05, 4.69) is 4.98 Å². The van der Waals surface area contributed by atoms with Crippen molar-refractivity contribution in [2.75, 3.05) is 19.6 Å². The topological polar surface area (TPSA) is 70.6 Å². The average molecular weight is 425 g/mol. The number of carbonyl (C=O) groups is 1. The fourth-order valence-corrected chi connectivity index (χ4v) is 5.54. The number of benzene rings is 1. The number of aryl methyl sites for hydroxylation is 1. The van der Waals surface area contributed by atoms with Gasteiger partial charge in [-0.25, -0.2) is 8.42 Å². The third-order valence-electron chi connectivity index (χ3n) is 5.57. The molecule has 1 fully saturated rings. The molecule has 4 rings (SSSR count). The molecule has 154 valence electrons. The van der Waals surface area contributed by atoms with E-state index in [1.165, 1.54) is 10.5 Å². The van der Waals surface area contributed by atoms with Crippen LogP contribution in [0.1, 0.15) is 34.1 Å². The normalized spacial score (nSPS) is 22.5. The number of alkyl halides is 3. The third-order valence-corrected chi connectivity index (χ3v) is 7.43. The predicted molar refractivity (Wildman–Crippen MR) is 97.6 cm³/mol. The molecule has 0 spiro atoms. The van der Waals surface area contributed by atoms with E-state index in [4.69, 9.17) is 0 Å². The van der Waals surface area contributed by atoms with Crippen LogP contribution in [0, 0.1) is 6.92 Å². The number of hydrogen-bond donors (Lipinski definition) is 0. The summed E-state index contributed by atoms with van der Waals surface area (Å²) in [6, 6.07) is 5.23. The molecule has 29 heavy (non-hydrogen) atoms. The van der Waals surface area contributed by atoms with Crippen molar-refractivity contribution in [1.82, 2.24) is 14.2 Å². The molecular weight excluding hydrogens is 407 g/mol. The first-order valence-electron chi connectivity index (χ1n) is 8.91. The minimum Gasteiger partial charge on any atom is -0.326 e. The maximum atomic E-state index is 13.1. The summed E-state index contributed by atoms with van der Waals surface area (Å²) in [7, 11) is -4.02. The van der Waals surface area contributed by atoms with Crippen LogP contribution in [0.15, 0.2) is 41.4 Å². The Morgan fingerprint density at radius 1 is 1.14 bits per heavy atom. The lowest BCUT2D eigenvalue weighted by molar-refractivity contribution is -0.137. The Balaban J connectivity index is 1.69. The zero-order valence-corrected chi connectivity index (χ0v) is 16.5. The molecule has 10 heteroatoms. The van der Waals surface area contributed by atoms with Crippen LogP contribution in [-0.4, -0.2) is 48.1 Å². The number of sulfonamides is 1. The Bertz CT molecular complexity index is 1100. The number of aromatic nitrogens is 1. The summed E-state index contributed by atoms with van der Waals surface area (Å²) in [5.74, 6) is -0.193. The average Bonchev–Trinajstić information content (AvgIpc) is 2.87. The molecule has 0 N–H and O–H groups in total. The van der Waals surface area contributed by atoms with Gasteiger partial charge in [-0.1, -0.05) is 0 Å². The van der Waals surface area contributed by atoms with Gasteiger partial charge in [0.25, 0.3) is 5.91 Å². The number of fused-ring (bicyclic) bond motifs is 3. The van der Waals surface area contributed by atoms with Crippen LogP contribution in [0.5, 0.6) is 0 Å². The quantitative estimate of drug-likeness (QED) is 0.742. The number of pyridine rings is 1. The van der Waals surface area contributed by atoms with Crippen LogP contribution in [0.25, 0.3) is 0 Å². The molecule has 2 aliphatic heterocycles. The summed E-state index contributed by atoms with van der Waals surface area (Å²) < 4.78 is 65.7. The highest BCUT2D eigenvalue weighted by molar-refractivity contribution is 7.89. The zero-order valence-electron chi connectivity index (χ0n) is 15.7. The molecule has 0 saturated carbocycles. The van der Waals surface area contributed by atoms with Crippen LogP contribution >= 0.6 is 0 Å². The van der Waals surface area contributed by atoms with Gasteiger partial charge in [-0.3, -0.25) is 9.78 Å². The highest BCUT2D eigenvalue weighted by Crippen LogP contribution is 2.42. The summed E-state index contributed by atoms with van der Waals surface area (Å²) in [6.07, 6.45) is -3.04. The van der Waals surface area contributed by atoms with E-state index in [0.717, 1.165) is 24.3 Å². The minimum absolute atomic E-state index is 0.0124. The van der Waals surface area contributed by atoms with Crippen molar-refractivity contribution >= 4 is 15.9 Å². The molecule has 2 aromatic rings. The largest absolute Gasteiger partial charge is 0.416 e. The second-order valence-corrected chi connectivity index (χ2v) is 9.40. The molecule has 1 atom stereocenters. The van der Waals surface area contributed by atoms with Crippen LogP contribution in [0.3, 0.4) is 0 Å². The summed E-state index contributed by atoms with van der Waals surface area (Å²) in [5, 5.41) is 0. The molecule has 0 radical (unpaired) electrons. The van der Waals surface area contributed by atoms with Crippen LogP contribution in [0.4, 0.5) is 13.2 Å². The van der Waals surface area contributed by atoms with Crippen molar-refractivity contribution in [3.8, 4) is 0 Å². The number of nitrogens with zero attached hydrogens (tertiary/aromatic N) is 3. The highest BCUT2D eigenvalue weighted by atomic mass is 32.2. The Hall–Kier alpha value is -2.46. The van der Waals surface area contributed by atoms with Crippen LogP contribution < -0.4 is 0 Å². The summed E-state index contributed by atoms with van der Waals surface area (Å²) >= 11 is 0. The maximum absolute atomic E-state index is 13.1. The van der Waals surface area contributed by atoms with E-state index in [9.17, 15) is 26.4 Å². The molecule has 2 aliphatic rings. The van der Waals surface area contributed by atoms with Gasteiger partial charge < -0.3 is 4.90 Å². The van der Waals surface area contributed by atoms with Crippen molar-refractivity contribution in [3.63, 3.8) is 0 Å². The zero-order chi connectivity index (χ0) is 21.2. The van der Waals surface area contributed by atoms with E-state index in [1.54, 1.807) is 24.8 Å². The molecule has 1 amide bonds. The highest BCUT2D eigenvalue weighted by Gasteiger charge is 2.51.